The number of nitrogens with one attached hydrogen (secondary N) is 1. The summed E-state index contributed by atoms with van der Waals surface area (Å²) in [4.78, 5) is 23.1. The molecule has 0 aromatic carbocycles. The van der Waals surface area contributed by atoms with Crippen LogP contribution >= 0.6 is 0 Å². The highest BCUT2D eigenvalue weighted by molar-refractivity contribution is 5.94. The SMILES string of the molecule is COC(=O)C(NC(=O)C=Cc1ccco1)C(C)C. The fourth-order valence-corrected chi connectivity index (χ4v) is 1.37. The molecule has 0 saturated heterocycles. The van der Waals surface area contributed by atoms with Crippen LogP contribution in [-0.4, -0.2) is 25.0 Å². The highest BCUT2D eigenvalue weighted by Crippen LogP contribution is 2.05. The zero-order valence-corrected chi connectivity index (χ0v) is 10.7. The van der Waals surface area contributed by atoms with Crippen molar-refractivity contribution >= 4 is 18.0 Å². The quantitative estimate of drug-likeness (QED) is 0.637. The van der Waals surface area contributed by atoms with Gasteiger partial charge < -0.3 is 14.5 Å². The van der Waals surface area contributed by atoms with Crippen LogP contribution in [0.25, 0.3) is 6.08 Å². The molecular weight excluding hydrogens is 234 g/mol. The molecule has 1 atom stereocenters. The Morgan fingerprint density at radius 2 is 2.17 bits per heavy atom. The molecule has 0 bridgehead atoms. The fourth-order valence-electron chi connectivity index (χ4n) is 1.37. The van der Waals surface area contributed by atoms with Crippen LogP contribution in [0.1, 0.15) is 19.6 Å². The number of hydrogen-bond donors (Lipinski definition) is 1. The average Bonchev–Trinajstić information content (AvgIpc) is 2.85. The first-order valence-corrected chi connectivity index (χ1v) is 5.64. The maximum atomic E-state index is 11.6. The Kier molecular flexibility index (Phi) is 5.17. The van der Waals surface area contributed by atoms with Crippen LogP contribution < -0.4 is 5.32 Å². The van der Waals surface area contributed by atoms with Gasteiger partial charge in [-0.2, -0.15) is 0 Å². The van der Waals surface area contributed by atoms with Gasteiger partial charge in [0.15, 0.2) is 0 Å². The number of carbonyl (C=O) groups is 2. The van der Waals surface area contributed by atoms with Gasteiger partial charge in [0.2, 0.25) is 5.91 Å². The van der Waals surface area contributed by atoms with E-state index < -0.39 is 12.0 Å². The summed E-state index contributed by atoms with van der Waals surface area (Å²) in [6, 6.07) is 2.80. The van der Waals surface area contributed by atoms with Crippen molar-refractivity contribution in [2.75, 3.05) is 7.11 Å². The van der Waals surface area contributed by atoms with Crippen molar-refractivity contribution < 1.29 is 18.7 Å². The summed E-state index contributed by atoms with van der Waals surface area (Å²) < 4.78 is 9.68. The number of methoxy groups -OCH3 is 1. The Morgan fingerprint density at radius 3 is 2.67 bits per heavy atom. The van der Waals surface area contributed by atoms with Gasteiger partial charge in [-0.25, -0.2) is 4.79 Å². The van der Waals surface area contributed by atoms with Crippen molar-refractivity contribution in [1.82, 2.24) is 5.32 Å². The van der Waals surface area contributed by atoms with Crippen molar-refractivity contribution in [3.63, 3.8) is 0 Å². The third-order valence-corrected chi connectivity index (χ3v) is 2.36. The second-order valence-electron chi connectivity index (χ2n) is 4.10. The molecule has 1 heterocycles. The molecule has 0 fully saturated rings. The minimum atomic E-state index is -0.649. The van der Waals surface area contributed by atoms with E-state index in [1.165, 1.54) is 25.5 Å². The smallest absolute Gasteiger partial charge is 0.328 e. The lowest BCUT2D eigenvalue weighted by molar-refractivity contribution is -0.145. The Balaban J connectivity index is 2.59. The molecule has 98 valence electrons. The van der Waals surface area contributed by atoms with Crippen molar-refractivity contribution in [2.24, 2.45) is 5.92 Å². The molecule has 1 amide bonds. The van der Waals surface area contributed by atoms with E-state index in [4.69, 9.17) is 4.42 Å². The monoisotopic (exact) mass is 251 g/mol. The number of carbonyl (C=O) groups excluding carboxylic acids is 2. The highest BCUT2D eigenvalue weighted by Gasteiger charge is 2.23. The predicted molar refractivity (Wildman–Crippen MR) is 66.5 cm³/mol. The molecule has 1 aromatic heterocycles. The molecular formula is C13H17NO4. The van der Waals surface area contributed by atoms with E-state index in [9.17, 15) is 9.59 Å². The van der Waals surface area contributed by atoms with Crippen LogP contribution in [0.15, 0.2) is 28.9 Å². The van der Waals surface area contributed by atoms with Crippen LogP contribution in [-0.2, 0) is 14.3 Å². The van der Waals surface area contributed by atoms with Gasteiger partial charge in [0.1, 0.15) is 11.8 Å². The Hall–Kier alpha value is -2.04. The van der Waals surface area contributed by atoms with Gasteiger partial charge in [0, 0.05) is 6.08 Å². The molecule has 18 heavy (non-hydrogen) atoms. The zero-order chi connectivity index (χ0) is 13.5. The molecule has 1 unspecified atom stereocenters. The number of ether oxygens (including phenoxy) is 1. The first-order chi connectivity index (χ1) is 8.54. The van der Waals surface area contributed by atoms with E-state index >= 15 is 0 Å². The van der Waals surface area contributed by atoms with Gasteiger partial charge in [0.25, 0.3) is 0 Å². The Morgan fingerprint density at radius 1 is 1.44 bits per heavy atom. The lowest BCUT2D eigenvalue weighted by Crippen LogP contribution is -2.44. The largest absolute Gasteiger partial charge is 0.467 e. The third-order valence-electron chi connectivity index (χ3n) is 2.36. The number of esters is 1. The van der Waals surface area contributed by atoms with Gasteiger partial charge in [0.05, 0.1) is 13.4 Å². The summed E-state index contributed by atoms with van der Waals surface area (Å²) >= 11 is 0. The maximum absolute atomic E-state index is 11.6. The minimum absolute atomic E-state index is 0.0431. The molecule has 0 radical (unpaired) electrons. The number of furan rings is 1. The van der Waals surface area contributed by atoms with Crippen LogP contribution in [0.4, 0.5) is 0 Å². The van der Waals surface area contributed by atoms with Crippen LogP contribution in [0.5, 0.6) is 0 Å². The van der Waals surface area contributed by atoms with Gasteiger partial charge in [-0.05, 0) is 24.1 Å². The molecule has 0 aliphatic heterocycles. The maximum Gasteiger partial charge on any atom is 0.328 e. The summed E-state index contributed by atoms with van der Waals surface area (Å²) in [7, 11) is 1.29. The molecule has 1 rings (SSSR count). The zero-order valence-electron chi connectivity index (χ0n) is 10.7. The number of hydrogen-bond acceptors (Lipinski definition) is 4. The van der Waals surface area contributed by atoms with Gasteiger partial charge >= 0.3 is 5.97 Å². The fraction of sp³-hybridized carbons (Fsp3) is 0.385. The standard InChI is InChI=1S/C13H17NO4/c1-9(2)12(13(16)17-3)14-11(15)7-6-10-5-4-8-18-10/h4-9,12H,1-3H3,(H,14,15). The van der Waals surface area contributed by atoms with Gasteiger partial charge in [-0.1, -0.05) is 13.8 Å². The molecule has 1 N–H and O–H groups in total. The number of amides is 1. The summed E-state index contributed by atoms with van der Waals surface area (Å²) in [5.74, 6) is -0.289. The van der Waals surface area contributed by atoms with E-state index in [1.54, 1.807) is 12.1 Å². The van der Waals surface area contributed by atoms with E-state index in [1.807, 2.05) is 13.8 Å². The number of rotatable bonds is 5. The van der Waals surface area contributed by atoms with Crippen LogP contribution in [0, 0.1) is 5.92 Å². The van der Waals surface area contributed by atoms with Crippen molar-refractivity contribution in [2.45, 2.75) is 19.9 Å². The topological polar surface area (TPSA) is 68.5 Å². The van der Waals surface area contributed by atoms with E-state index in [0.717, 1.165) is 0 Å². The third kappa shape index (κ3) is 4.08. The summed E-state index contributed by atoms with van der Waals surface area (Å²) in [5, 5.41) is 2.59. The van der Waals surface area contributed by atoms with Gasteiger partial charge in [-0.3, -0.25) is 4.79 Å². The van der Waals surface area contributed by atoms with E-state index in [-0.39, 0.29) is 11.8 Å². The molecule has 1 aromatic rings. The van der Waals surface area contributed by atoms with E-state index in [0.29, 0.717) is 5.76 Å². The summed E-state index contributed by atoms with van der Waals surface area (Å²) in [6.45, 7) is 3.66. The van der Waals surface area contributed by atoms with Gasteiger partial charge in [-0.15, -0.1) is 0 Å². The first-order valence-electron chi connectivity index (χ1n) is 5.64. The van der Waals surface area contributed by atoms with Crippen LogP contribution in [0.3, 0.4) is 0 Å². The molecule has 5 nitrogen and oxygen atoms in total. The molecule has 5 heteroatoms. The Bertz CT molecular complexity index is 420. The van der Waals surface area contributed by atoms with Crippen molar-refractivity contribution in [3.8, 4) is 0 Å². The summed E-state index contributed by atoms with van der Waals surface area (Å²) in [6.07, 6.45) is 4.37. The average molecular weight is 251 g/mol. The summed E-state index contributed by atoms with van der Waals surface area (Å²) in [5.41, 5.74) is 0. The lowest BCUT2D eigenvalue weighted by atomic mass is 10.0. The second-order valence-corrected chi connectivity index (χ2v) is 4.10. The molecule has 0 aliphatic carbocycles. The molecule has 0 spiro atoms. The van der Waals surface area contributed by atoms with E-state index in [2.05, 4.69) is 10.1 Å². The normalized spacial score (nSPS) is 12.7. The highest BCUT2D eigenvalue weighted by atomic mass is 16.5. The Labute approximate surface area is 106 Å². The predicted octanol–water partition coefficient (Wildman–Crippen LogP) is 1.61. The first kappa shape index (κ1) is 14.0. The van der Waals surface area contributed by atoms with Crippen LogP contribution in [0.2, 0.25) is 0 Å². The molecule has 0 saturated carbocycles. The lowest BCUT2D eigenvalue weighted by Gasteiger charge is -2.18. The molecule has 0 aliphatic rings. The van der Waals surface area contributed by atoms with Crippen molar-refractivity contribution in [3.05, 3.63) is 30.2 Å². The minimum Gasteiger partial charge on any atom is -0.467 e. The second kappa shape index (κ2) is 6.64. The van der Waals surface area contributed by atoms with Crippen molar-refractivity contribution in [1.29, 1.82) is 0 Å².